The maximum absolute atomic E-state index is 12.4. The zero-order valence-corrected chi connectivity index (χ0v) is 13.7. The lowest BCUT2D eigenvalue weighted by molar-refractivity contribution is 0.601. The molecule has 0 aliphatic carbocycles. The molecule has 22 heavy (non-hydrogen) atoms. The van der Waals surface area contributed by atoms with Crippen molar-refractivity contribution >= 4 is 49.8 Å². The monoisotopic (exact) mass is 355 g/mol. The van der Waals surface area contributed by atoms with Crippen molar-refractivity contribution in [3.63, 3.8) is 0 Å². The van der Waals surface area contributed by atoms with Gasteiger partial charge in [-0.15, -0.1) is 0 Å². The van der Waals surface area contributed by atoms with E-state index in [1.165, 1.54) is 18.2 Å². The Bertz CT molecular complexity index is 967. The third kappa shape index (κ3) is 2.65. The maximum atomic E-state index is 12.4. The Balaban J connectivity index is 2.01. The van der Waals surface area contributed by atoms with Gasteiger partial charge in [0.05, 0.1) is 21.2 Å². The highest BCUT2D eigenvalue weighted by atomic mass is 35.5. The van der Waals surface area contributed by atoms with Crippen LogP contribution in [0.5, 0.6) is 0 Å². The second kappa shape index (κ2) is 5.46. The highest BCUT2D eigenvalue weighted by Crippen LogP contribution is 2.30. The van der Waals surface area contributed by atoms with E-state index in [0.29, 0.717) is 11.2 Å². The van der Waals surface area contributed by atoms with Crippen LogP contribution in [0.4, 0.5) is 5.69 Å². The molecule has 0 fully saturated rings. The Kier molecular flexibility index (Phi) is 3.76. The summed E-state index contributed by atoms with van der Waals surface area (Å²) in [6, 6.07) is 9.57. The van der Waals surface area contributed by atoms with Crippen molar-refractivity contribution in [1.29, 1.82) is 0 Å². The molecule has 8 heteroatoms. The molecule has 0 amide bonds. The van der Waals surface area contributed by atoms with Crippen molar-refractivity contribution in [2.45, 2.75) is 11.8 Å². The highest BCUT2D eigenvalue weighted by molar-refractivity contribution is 7.92. The average molecular weight is 356 g/mol. The van der Waals surface area contributed by atoms with Gasteiger partial charge in [0, 0.05) is 11.1 Å². The molecule has 3 rings (SSSR count). The number of aromatic amines is 1. The molecule has 0 atom stereocenters. The summed E-state index contributed by atoms with van der Waals surface area (Å²) in [6.45, 7) is 1.89. The van der Waals surface area contributed by atoms with E-state index in [2.05, 4.69) is 14.9 Å². The largest absolute Gasteiger partial charge is 0.282 e. The lowest BCUT2D eigenvalue weighted by Gasteiger charge is -2.10. The van der Waals surface area contributed by atoms with Crippen LogP contribution in [-0.4, -0.2) is 18.6 Å². The Morgan fingerprint density at radius 2 is 1.95 bits per heavy atom. The number of hydrogen-bond donors (Lipinski definition) is 2. The first-order chi connectivity index (χ1) is 10.4. The first-order valence-corrected chi connectivity index (χ1v) is 8.54. The number of anilines is 1. The molecule has 114 valence electrons. The number of aryl methyl sites for hydroxylation is 1. The molecule has 3 aromatic rings. The van der Waals surface area contributed by atoms with Gasteiger partial charge in [-0.1, -0.05) is 29.3 Å². The van der Waals surface area contributed by atoms with Crippen LogP contribution in [0, 0.1) is 6.92 Å². The molecule has 0 saturated heterocycles. The molecule has 2 aromatic carbocycles. The fraction of sp³-hybridized carbons (Fsp3) is 0.0714. The summed E-state index contributed by atoms with van der Waals surface area (Å²) in [5, 5.41) is 8.07. The fourth-order valence-corrected chi connectivity index (χ4v) is 3.92. The Morgan fingerprint density at radius 3 is 2.73 bits per heavy atom. The first kappa shape index (κ1) is 15.1. The third-order valence-corrected chi connectivity index (χ3v) is 5.56. The number of hydrogen-bond acceptors (Lipinski definition) is 3. The van der Waals surface area contributed by atoms with Gasteiger partial charge in [-0.3, -0.25) is 9.82 Å². The van der Waals surface area contributed by atoms with Gasteiger partial charge in [-0.05, 0) is 37.3 Å². The van der Waals surface area contributed by atoms with E-state index >= 15 is 0 Å². The molecule has 2 N–H and O–H groups in total. The van der Waals surface area contributed by atoms with E-state index in [0.717, 1.165) is 11.1 Å². The van der Waals surface area contributed by atoms with Gasteiger partial charge in [-0.2, -0.15) is 5.10 Å². The SMILES string of the molecule is Cc1[nH]nc2cc(NS(=O)(=O)c3cccc(Cl)c3Cl)ccc12. The number of benzene rings is 2. The van der Waals surface area contributed by atoms with Crippen LogP contribution >= 0.6 is 23.2 Å². The van der Waals surface area contributed by atoms with Gasteiger partial charge in [0.25, 0.3) is 10.0 Å². The molecule has 5 nitrogen and oxygen atoms in total. The fourth-order valence-electron chi connectivity index (χ4n) is 2.11. The molecular weight excluding hydrogens is 345 g/mol. The Labute approximate surface area is 137 Å². The molecule has 0 spiro atoms. The molecular formula is C14H11Cl2N3O2S. The molecule has 0 unspecified atom stereocenters. The van der Waals surface area contributed by atoms with E-state index in [9.17, 15) is 8.42 Å². The molecule has 0 bridgehead atoms. The molecule has 0 radical (unpaired) electrons. The number of halogens is 2. The number of nitrogens with zero attached hydrogens (tertiary/aromatic N) is 1. The van der Waals surface area contributed by atoms with E-state index in [4.69, 9.17) is 23.2 Å². The molecule has 0 aliphatic heterocycles. The minimum Gasteiger partial charge on any atom is -0.282 e. The topological polar surface area (TPSA) is 74.8 Å². The summed E-state index contributed by atoms with van der Waals surface area (Å²) < 4.78 is 27.3. The Hall–Kier alpha value is -1.76. The van der Waals surface area contributed by atoms with Gasteiger partial charge < -0.3 is 0 Å². The van der Waals surface area contributed by atoms with Crippen LogP contribution in [0.3, 0.4) is 0 Å². The van der Waals surface area contributed by atoms with Crippen LogP contribution < -0.4 is 4.72 Å². The summed E-state index contributed by atoms with van der Waals surface area (Å²) in [5.74, 6) is 0. The average Bonchev–Trinajstić information content (AvgIpc) is 2.82. The molecule has 0 saturated carbocycles. The summed E-state index contributed by atoms with van der Waals surface area (Å²) >= 11 is 11.8. The van der Waals surface area contributed by atoms with Gasteiger partial charge >= 0.3 is 0 Å². The van der Waals surface area contributed by atoms with Gasteiger partial charge in [0.15, 0.2) is 0 Å². The van der Waals surface area contributed by atoms with Crippen molar-refractivity contribution in [2.75, 3.05) is 4.72 Å². The van der Waals surface area contributed by atoms with Gasteiger partial charge in [0.1, 0.15) is 4.90 Å². The van der Waals surface area contributed by atoms with E-state index < -0.39 is 10.0 Å². The van der Waals surface area contributed by atoms with Crippen LogP contribution in [-0.2, 0) is 10.0 Å². The van der Waals surface area contributed by atoms with Crippen molar-refractivity contribution in [3.05, 3.63) is 52.1 Å². The number of fused-ring (bicyclic) bond motifs is 1. The van der Waals surface area contributed by atoms with Crippen LogP contribution in [0.25, 0.3) is 10.9 Å². The minimum absolute atomic E-state index is 0.00615. The lowest BCUT2D eigenvalue weighted by Crippen LogP contribution is -2.13. The van der Waals surface area contributed by atoms with Crippen molar-refractivity contribution in [3.8, 4) is 0 Å². The third-order valence-electron chi connectivity index (χ3n) is 3.20. The van der Waals surface area contributed by atoms with Crippen LogP contribution in [0.1, 0.15) is 5.69 Å². The smallest absolute Gasteiger partial charge is 0.263 e. The maximum Gasteiger partial charge on any atom is 0.263 e. The van der Waals surface area contributed by atoms with E-state index in [1.54, 1.807) is 18.2 Å². The Morgan fingerprint density at radius 1 is 1.18 bits per heavy atom. The molecule has 0 aliphatic rings. The lowest BCUT2D eigenvalue weighted by atomic mass is 10.2. The second-order valence-electron chi connectivity index (χ2n) is 4.74. The predicted molar refractivity (Wildman–Crippen MR) is 88.1 cm³/mol. The highest BCUT2D eigenvalue weighted by Gasteiger charge is 2.19. The summed E-state index contributed by atoms with van der Waals surface area (Å²) in [6.07, 6.45) is 0. The number of sulfonamides is 1. The van der Waals surface area contributed by atoms with Crippen LogP contribution in [0.2, 0.25) is 10.0 Å². The number of rotatable bonds is 3. The predicted octanol–water partition coefficient (Wildman–Crippen LogP) is 3.98. The van der Waals surface area contributed by atoms with E-state index in [-0.39, 0.29) is 14.9 Å². The number of aromatic nitrogens is 2. The van der Waals surface area contributed by atoms with Gasteiger partial charge in [-0.25, -0.2) is 8.42 Å². The summed E-state index contributed by atoms with van der Waals surface area (Å²) in [4.78, 5) is -0.0695. The number of H-pyrrole nitrogens is 1. The van der Waals surface area contributed by atoms with Gasteiger partial charge in [0.2, 0.25) is 0 Å². The first-order valence-electron chi connectivity index (χ1n) is 6.30. The molecule has 1 aromatic heterocycles. The second-order valence-corrected chi connectivity index (χ2v) is 7.17. The van der Waals surface area contributed by atoms with Crippen molar-refractivity contribution in [2.24, 2.45) is 0 Å². The standard InChI is InChI=1S/C14H11Cl2N3O2S/c1-8-10-6-5-9(7-12(10)18-17-8)19-22(20,21)13-4-2-3-11(15)14(13)16/h2-7,19H,1H3,(H,17,18). The quantitative estimate of drug-likeness (QED) is 0.745. The summed E-state index contributed by atoms with van der Waals surface area (Å²) in [5.41, 5.74) is 1.99. The zero-order chi connectivity index (χ0) is 15.9. The minimum atomic E-state index is -3.83. The normalized spacial score (nSPS) is 11.8. The zero-order valence-electron chi connectivity index (χ0n) is 11.4. The van der Waals surface area contributed by atoms with Crippen molar-refractivity contribution < 1.29 is 8.42 Å². The molecule has 1 heterocycles. The van der Waals surface area contributed by atoms with Crippen LogP contribution in [0.15, 0.2) is 41.3 Å². The van der Waals surface area contributed by atoms with E-state index in [1.807, 2.05) is 6.92 Å². The number of nitrogens with one attached hydrogen (secondary N) is 2. The summed E-state index contributed by atoms with van der Waals surface area (Å²) in [7, 11) is -3.83. The van der Waals surface area contributed by atoms with Crippen molar-refractivity contribution in [1.82, 2.24) is 10.2 Å².